The first-order valence-corrected chi connectivity index (χ1v) is 6.11. The van der Waals surface area contributed by atoms with Crippen LogP contribution in [0.3, 0.4) is 0 Å². The highest BCUT2D eigenvalue weighted by Gasteiger charge is 2.41. The van der Waals surface area contributed by atoms with Crippen molar-refractivity contribution in [2.45, 2.75) is 37.6 Å². The van der Waals surface area contributed by atoms with Crippen molar-refractivity contribution >= 4 is 11.4 Å². The second-order valence-electron chi connectivity index (χ2n) is 4.69. The van der Waals surface area contributed by atoms with E-state index >= 15 is 0 Å². The van der Waals surface area contributed by atoms with Crippen LogP contribution in [0.15, 0.2) is 24.3 Å². The second kappa shape index (κ2) is 5.71. The number of anilines is 1. The fourth-order valence-corrected chi connectivity index (χ4v) is 2.04. The lowest BCUT2D eigenvalue weighted by molar-refractivity contribution is -0.384. The molecule has 0 saturated carbocycles. The summed E-state index contributed by atoms with van der Waals surface area (Å²) in [4.78, 5) is 10.1. The van der Waals surface area contributed by atoms with Crippen molar-refractivity contribution in [2.24, 2.45) is 0 Å². The molecular formula is C12H16N2O6. The molecule has 20 heavy (non-hydrogen) atoms. The number of aliphatic hydroxyl groups excluding tert-OH is 3. The van der Waals surface area contributed by atoms with Crippen molar-refractivity contribution in [3.05, 3.63) is 34.4 Å². The van der Waals surface area contributed by atoms with Gasteiger partial charge in [-0.2, -0.15) is 0 Å². The minimum atomic E-state index is -1.35. The predicted octanol–water partition coefficient (Wildman–Crippen LogP) is -0.166. The Morgan fingerprint density at radius 1 is 1.25 bits per heavy atom. The van der Waals surface area contributed by atoms with E-state index in [9.17, 15) is 25.4 Å². The predicted molar refractivity (Wildman–Crippen MR) is 69.1 cm³/mol. The Labute approximate surface area is 114 Å². The molecule has 0 aromatic heterocycles. The number of nitrogens with zero attached hydrogens (tertiary/aromatic N) is 1. The molecule has 8 heteroatoms. The molecule has 2 rings (SSSR count). The SMILES string of the molecule is C[C@@H]1O[C@@H](Nc2cccc([N+](=O)[O-])c2)[C@H](O)[C@H](O)[C@H]1O. The van der Waals surface area contributed by atoms with Gasteiger partial charge < -0.3 is 25.4 Å². The van der Waals surface area contributed by atoms with E-state index in [0.29, 0.717) is 5.69 Å². The van der Waals surface area contributed by atoms with Gasteiger partial charge >= 0.3 is 0 Å². The third-order valence-electron chi connectivity index (χ3n) is 3.22. The van der Waals surface area contributed by atoms with Crippen LogP contribution in [0, 0.1) is 10.1 Å². The van der Waals surface area contributed by atoms with Crippen LogP contribution in [0.4, 0.5) is 11.4 Å². The van der Waals surface area contributed by atoms with E-state index in [4.69, 9.17) is 4.74 Å². The van der Waals surface area contributed by atoms with Crippen molar-refractivity contribution in [1.29, 1.82) is 0 Å². The zero-order valence-electron chi connectivity index (χ0n) is 10.7. The molecule has 1 aromatic rings. The molecule has 1 aliphatic rings. The minimum Gasteiger partial charge on any atom is -0.388 e. The zero-order valence-corrected chi connectivity index (χ0v) is 10.7. The smallest absolute Gasteiger partial charge is 0.271 e. The highest BCUT2D eigenvalue weighted by atomic mass is 16.6. The molecule has 1 fully saturated rings. The minimum absolute atomic E-state index is 0.103. The summed E-state index contributed by atoms with van der Waals surface area (Å²) in [6.07, 6.45) is -5.53. The maximum absolute atomic E-state index is 10.7. The standard InChI is InChI=1S/C12H16N2O6/c1-6-9(15)10(16)11(17)12(20-6)13-7-3-2-4-8(5-7)14(18)19/h2-6,9-13,15-17H,1H3/t6-,9-,10+,11+,12+/m0/s1. The van der Waals surface area contributed by atoms with E-state index in [1.54, 1.807) is 13.0 Å². The molecule has 1 aliphatic heterocycles. The number of nitro groups is 1. The number of non-ortho nitro benzene ring substituents is 1. The summed E-state index contributed by atoms with van der Waals surface area (Å²) >= 11 is 0. The fraction of sp³-hybridized carbons (Fsp3) is 0.500. The zero-order chi connectivity index (χ0) is 14.9. The van der Waals surface area contributed by atoms with E-state index in [-0.39, 0.29) is 5.69 Å². The lowest BCUT2D eigenvalue weighted by Crippen LogP contribution is -2.58. The summed E-state index contributed by atoms with van der Waals surface area (Å²) in [5.41, 5.74) is 0.271. The topological polar surface area (TPSA) is 125 Å². The molecular weight excluding hydrogens is 268 g/mol. The van der Waals surface area contributed by atoms with E-state index < -0.39 is 35.6 Å². The molecule has 0 amide bonds. The van der Waals surface area contributed by atoms with Gasteiger partial charge in [-0.05, 0) is 13.0 Å². The second-order valence-corrected chi connectivity index (χ2v) is 4.69. The molecule has 1 saturated heterocycles. The van der Waals surface area contributed by atoms with Gasteiger partial charge in [-0.3, -0.25) is 10.1 Å². The van der Waals surface area contributed by atoms with E-state index in [0.717, 1.165) is 0 Å². The van der Waals surface area contributed by atoms with Crippen molar-refractivity contribution < 1.29 is 25.0 Å². The Hall–Kier alpha value is -1.74. The maximum Gasteiger partial charge on any atom is 0.271 e. The number of nitro benzene ring substituents is 1. The average Bonchev–Trinajstić information content (AvgIpc) is 2.42. The maximum atomic E-state index is 10.7. The van der Waals surface area contributed by atoms with Gasteiger partial charge in [0.05, 0.1) is 11.0 Å². The van der Waals surface area contributed by atoms with Crippen LogP contribution in [0.5, 0.6) is 0 Å². The number of rotatable bonds is 3. The summed E-state index contributed by atoms with van der Waals surface area (Å²) in [6.45, 7) is 1.56. The Morgan fingerprint density at radius 2 is 1.95 bits per heavy atom. The Bertz CT molecular complexity index is 497. The van der Waals surface area contributed by atoms with Crippen LogP contribution in [0.1, 0.15) is 6.92 Å². The van der Waals surface area contributed by atoms with Crippen LogP contribution < -0.4 is 5.32 Å². The number of ether oxygens (including phenoxy) is 1. The largest absolute Gasteiger partial charge is 0.388 e. The molecule has 0 aliphatic carbocycles. The molecule has 1 heterocycles. The molecule has 0 unspecified atom stereocenters. The molecule has 0 bridgehead atoms. The van der Waals surface area contributed by atoms with Gasteiger partial charge in [0.15, 0.2) is 6.23 Å². The fourth-order valence-electron chi connectivity index (χ4n) is 2.04. The van der Waals surface area contributed by atoms with E-state index in [1.807, 2.05) is 0 Å². The summed E-state index contributed by atoms with van der Waals surface area (Å²) in [6, 6.07) is 5.69. The quantitative estimate of drug-likeness (QED) is 0.448. The normalized spacial score (nSPS) is 33.7. The summed E-state index contributed by atoms with van der Waals surface area (Å²) < 4.78 is 5.34. The van der Waals surface area contributed by atoms with Crippen LogP contribution in [-0.2, 0) is 4.74 Å². The van der Waals surface area contributed by atoms with Crippen molar-refractivity contribution in [3.8, 4) is 0 Å². The van der Waals surface area contributed by atoms with E-state index in [2.05, 4.69) is 5.32 Å². The Morgan fingerprint density at radius 3 is 2.60 bits per heavy atom. The van der Waals surface area contributed by atoms with Gasteiger partial charge in [0.2, 0.25) is 0 Å². The number of aliphatic hydroxyl groups is 3. The van der Waals surface area contributed by atoms with Gasteiger partial charge in [0, 0.05) is 17.8 Å². The van der Waals surface area contributed by atoms with Crippen molar-refractivity contribution in [1.82, 2.24) is 0 Å². The van der Waals surface area contributed by atoms with Gasteiger partial charge in [0.25, 0.3) is 5.69 Å². The molecule has 8 nitrogen and oxygen atoms in total. The first-order valence-electron chi connectivity index (χ1n) is 6.11. The van der Waals surface area contributed by atoms with Crippen molar-refractivity contribution in [2.75, 3.05) is 5.32 Å². The van der Waals surface area contributed by atoms with Crippen molar-refractivity contribution in [3.63, 3.8) is 0 Å². The van der Waals surface area contributed by atoms with Gasteiger partial charge in [0.1, 0.15) is 18.3 Å². The molecule has 110 valence electrons. The number of hydrogen-bond donors (Lipinski definition) is 4. The van der Waals surface area contributed by atoms with Gasteiger partial charge in [-0.15, -0.1) is 0 Å². The first kappa shape index (κ1) is 14.7. The molecule has 0 spiro atoms. The molecule has 5 atom stereocenters. The highest BCUT2D eigenvalue weighted by Crippen LogP contribution is 2.24. The Balaban J connectivity index is 2.13. The average molecular weight is 284 g/mol. The highest BCUT2D eigenvalue weighted by molar-refractivity contribution is 5.51. The molecule has 4 N–H and O–H groups in total. The summed E-state index contributed by atoms with van der Waals surface area (Å²) in [5, 5.41) is 42.5. The summed E-state index contributed by atoms with van der Waals surface area (Å²) in [7, 11) is 0. The van der Waals surface area contributed by atoms with Crippen LogP contribution >= 0.6 is 0 Å². The van der Waals surface area contributed by atoms with Crippen LogP contribution in [0.25, 0.3) is 0 Å². The lowest BCUT2D eigenvalue weighted by atomic mass is 9.99. The molecule has 0 radical (unpaired) electrons. The Kier molecular flexibility index (Phi) is 4.19. The van der Waals surface area contributed by atoms with Crippen LogP contribution in [-0.4, -0.2) is 50.9 Å². The number of benzene rings is 1. The number of hydrogen-bond acceptors (Lipinski definition) is 7. The monoisotopic (exact) mass is 284 g/mol. The van der Waals surface area contributed by atoms with Gasteiger partial charge in [-0.25, -0.2) is 0 Å². The molecule has 1 aromatic carbocycles. The van der Waals surface area contributed by atoms with Gasteiger partial charge in [-0.1, -0.05) is 6.07 Å². The van der Waals surface area contributed by atoms with E-state index in [1.165, 1.54) is 18.2 Å². The third kappa shape index (κ3) is 2.88. The lowest BCUT2D eigenvalue weighted by Gasteiger charge is -2.39. The van der Waals surface area contributed by atoms with Crippen LogP contribution in [0.2, 0.25) is 0 Å². The third-order valence-corrected chi connectivity index (χ3v) is 3.22. The number of nitrogens with one attached hydrogen (secondary N) is 1. The summed E-state index contributed by atoms with van der Waals surface area (Å²) in [5.74, 6) is 0. The first-order chi connectivity index (χ1) is 9.40.